The Morgan fingerprint density at radius 1 is 1.31 bits per heavy atom. The summed E-state index contributed by atoms with van der Waals surface area (Å²) < 4.78 is 6.49. The summed E-state index contributed by atoms with van der Waals surface area (Å²) in [7, 11) is 1.52. The van der Waals surface area contributed by atoms with Crippen molar-refractivity contribution >= 4 is 22.8 Å². The van der Waals surface area contributed by atoms with Crippen LogP contribution < -0.4 is 16.4 Å². The first-order valence-electron chi connectivity index (χ1n) is 9.62. The van der Waals surface area contributed by atoms with E-state index in [1.807, 2.05) is 24.3 Å². The molecule has 154 valence electrons. The molecule has 0 spiro atoms. The third-order valence-corrected chi connectivity index (χ3v) is 4.80. The molecule has 1 heterocycles. The standard InChI is InChI=1S/C20H27N7O2/c1-14(22-15-7-9-16(10-8-15)24-20(28)13-29-2)23-19(11-12-21)27-18-6-4-3-5-17(18)25-26-27/h3-6,11-12,15-16,22H,1,7-10,13,21H2,2H3,(H,24,28)/b12-11-,23-19+/t15-,16-. The van der Waals surface area contributed by atoms with E-state index in [1.54, 1.807) is 10.8 Å². The van der Waals surface area contributed by atoms with Gasteiger partial charge in [0.2, 0.25) is 5.91 Å². The topological polar surface area (TPSA) is 119 Å². The average molecular weight is 397 g/mol. The smallest absolute Gasteiger partial charge is 0.246 e. The summed E-state index contributed by atoms with van der Waals surface area (Å²) in [5.41, 5.74) is 7.21. The first-order valence-corrected chi connectivity index (χ1v) is 9.62. The molecule has 4 N–H and O–H groups in total. The minimum atomic E-state index is -0.0730. The van der Waals surface area contributed by atoms with Crippen molar-refractivity contribution in [3.05, 3.63) is 48.9 Å². The van der Waals surface area contributed by atoms with Crippen LogP contribution in [0.5, 0.6) is 0 Å². The van der Waals surface area contributed by atoms with Gasteiger partial charge in [0.15, 0.2) is 5.84 Å². The number of aliphatic imine (C=N–C) groups is 1. The van der Waals surface area contributed by atoms with Gasteiger partial charge < -0.3 is 21.1 Å². The van der Waals surface area contributed by atoms with Crippen molar-refractivity contribution in [1.29, 1.82) is 0 Å². The Hall–Kier alpha value is -3.20. The summed E-state index contributed by atoms with van der Waals surface area (Å²) in [6, 6.07) is 8.07. The molecule has 1 aliphatic rings. The van der Waals surface area contributed by atoms with Crippen LogP contribution in [0.2, 0.25) is 0 Å². The van der Waals surface area contributed by atoms with E-state index in [1.165, 1.54) is 13.3 Å². The molecule has 0 atom stereocenters. The zero-order valence-electron chi connectivity index (χ0n) is 16.5. The van der Waals surface area contributed by atoms with Gasteiger partial charge in [0, 0.05) is 19.2 Å². The SMILES string of the molecule is C=C(/N=C(\C=C/N)n1nnc2ccccc21)N[C@H]1CC[C@H](NC(=O)COC)CC1. The molecular formula is C20H27N7O2. The van der Waals surface area contributed by atoms with Crippen LogP contribution in [0, 0.1) is 0 Å². The summed E-state index contributed by atoms with van der Waals surface area (Å²) in [4.78, 5) is 16.2. The fraction of sp³-hybridized carbons (Fsp3) is 0.400. The van der Waals surface area contributed by atoms with E-state index in [0.29, 0.717) is 11.7 Å². The lowest BCUT2D eigenvalue weighted by Crippen LogP contribution is -2.42. The number of hydrogen-bond acceptors (Lipinski definition) is 7. The highest BCUT2D eigenvalue weighted by Gasteiger charge is 2.22. The monoisotopic (exact) mass is 397 g/mol. The molecule has 0 saturated heterocycles. The van der Waals surface area contributed by atoms with E-state index in [2.05, 4.69) is 32.5 Å². The number of rotatable bonds is 7. The zero-order valence-corrected chi connectivity index (χ0v) is 16.5. The number of carbonyl (C=O) groups is 1. The fourth-order valence-electron chi connectivity index (χ4n) is 3.47. The van der Waals surface area contributed by atoms with Gasteiger partial charge in [0.1, 0.15) is 17.9 Å². The van der Waals surface area contributed by atoms with Crippen LogP contribution in [-0.2, 0) is 9.53 Å². The minimum Gasteiger partial charge on any atom is -0.404 e. The summed E-state index contributed by atoms with van der Waals surface area (Å²) in [5.74, 6) is 0.986. The molecular weight excluding hydrogens is 370 g/mol. The summed E-state index contributed by atoms with van der Waals surface area (Å²) in [6.45, 7) is 4.13. The van der Waals surface area contributed by atoms with Gasteiger partial charge in [-0.05, 0) is 50.1 Å². The highest BCUT2D eigenvalue weighted by Crippen LogP contribution is 2.20. The third-order valence-electron chi connectivity index (χ3n) is 4.80. The Morgan fingerprint density at radius 3 is 2.69 bits per heavy atom. The largest absolute Gasteiger partial charge is 0.404 e. The van der Waals surface area contributed by atoms with Gasteiger partial charge in [-0.25, -0.2) is 4.99 Å². The molecule has 0 bridgehead atoms. The van der Waals surface area contributed by atoms with Crippen molar-refractivity contribution in [3.8, 4) is 0 Å². The second kappa shape index (κ2) is 9.83. The van der Waals surface area contributed by atoms with E-state index in [-0.39, 0.29) is 24.6 Å². The van der Waals surface area contributed by atoms with Crippen molar-refractivity contribution in [2.75, 3.05) is 13.7 Å². The van der Waals surface area contributed by atoms with Gasteiger partial charge in [0.05, 0.1) is 5.52 Å². The van der Waals surface area contributed by atoms with E-state index < -0.39 is 0 Å². The van der Waals surface area contributed by atoms with E-state index >= 15 is 0 Å². The molecule has 9 nitrogen and oxygen atoms in total. The highest BCUT2D eigenvalue weighted by molar-refractivity contribution is 5.99. The van der Waals surface area contributed by atoms with Crippen LogP contribution in [0.25, 0.3) is 11.0 Å². The number of ether oxygens (including phenoxy) is 1. The number of nitrogens with two attached hydrogens (primary N) is 1. The van der Waals surface area contributed by atoms with Crippen molar-refractivity contribution in [1.82, 2.24) is 25.6 Å². The molecule has 0 unspecified atom stereocenters. The molecule has 1 aromatic carbocycles. The second-order valence-electron chi connectivity index (χ2n) is 6.96. The molecule has 1 aromatic heterocycles. The van der Waals surface area contributed by atoms with Crippen molar-refractivity contribution in [3.63, 3.8) is 0 Å². The molecule has 1 aliphatic carbocycles. The van der Waals surface area contributed by atoms with Crippen molar-refractivity contribution in [2.24, 2.45) is 10.7 Å². The molecule has 1 saturated carbocycles. The maximum absolute atomic E-state index is 11.6. The second-order valence-corrected chi connectivity index (χ2v) is 6.96. The lowest BCUT2D eigenvalue weighted by molar-refractivity contribution is -0.125. The lowest BCUT2D eigenvalue weighted by Gasteiger charge is -2.30. The number of benzene rings is 1. The number of nitrogens with one attached hydrogen (secondary N) is 2. The van der Waals surface area contributed by atoms with E-state index in [4.69, 9.17) is 10.5 Å². The Bertz CT molecular complexity index is 910. The van der Waals surface area contributed by atoms with Crippen LogP contribution in [0.15, 0.2) is 53.9 Å². The number of methoxy groups -OCH3 is 1. The first-order chi connectivity index (χ1) is 14.1. The van der Waals surface area contributed by atoms with E-state index in [9.17, 15) is 4.79 Å². The summed E-state index contributed by atoms with van der Waals surface area (Å²) >= 11 is 0. The molecule has 0 radical (unpaired) electrons. The Labute approximate surface area is 169 Å². The molecule has 1 fully saturated rings. The quantitative estimate of drug-likeness (QED) is 0.478. The molecule has 1 amide bonds. The predicted octanol–water partition coefficient (Wildman–Crippen LogP) is 1.28. The average Bonchev–Trinajstić information content (AvgIpc) is 3.13. The normalized spacial score (nSPS) is 20.1. The van der Waals surface area contributed by atoms with Gasteiger partial charge in [-0.3, -0.25) is 4.79 Å². The van der Waals surface area contributed by atoms with Gasteiger partial charge in [-0.15, -0.1) is 5.10 Å². The Kier molecular flexibility index (Phi) is 6.96. The van der Waals surface area contributed by atoms with Gasteiger partial charge in [0.25, 0.3) is 0 Å². The number of aromatic nitrogens is 3. The van der Waals surface area contributed by atoms with Gasteiger partial charge in [-0.1, -0.05) is 23.9 Å². The summed E-state index contributed by atoms with van der Waals surface area (Å²) in [5, 5.41) is 14.7. The van der Waals surface area contributed by atoms with Crippen LogP contribution in [0.4, 0.5) is 0 Å². The minimum absolute atomic E-state index is 0.0730. The zero-order chi connectivity index (χ0) is 20.6. The molecule has 29 heavy (non-hydrogen) atoms. The number of amides is 1. The maximum Gasteiger partial charge on any atom is 0.246 e. The van der Waals surface area contributed by atoms with Crippen molar-refractivity contribution < 1.29 is 9.53 Å². The highest BCUT2D eigenvalue weighted by atomic mass is 16.5. The van der Waals surface area contributed by atoms with Crippen LogP contribution in [0.1, 0.15) is 25.7 Å². The number of nitrogens with zero attached hydrogens (tertiary/aromatic N) is 4. The number of fused-ring (bicyclic) bond motifs is 1. The first kappa shape index (κ1) is 20.5. The number of hydrogen-bond donors (Lipinski definition) is 3. The van der Waals surface area contributed by atoms with Gasteiger partial charge in [-0.2, -0.15) is 4.68 Å². The maximum atomic E-state index is 11.6. The number of para-hydroxylation sites is 1. The third kappa shape index (κ3) is 5.41. The number of carbonyl (C=O) groups excluding carboxylic acids is 1. The lowest BCUT2D eigenvalue weighted by atomic mass is 9.91. The van der Waals surface area contributed by atoms with Crippen LogP contribution >= 0.6 is 0 Å². The summed E-state index contributed by atoms with van der Waals surface area (Å²) in [6.07, 6.45) is 6.70. The molecule has 2 aromatic rings. The van der Waals surface area contributed by atoms with E-state index in [0.717, 1.165) is 36.7 Å². The molecule has 0 aliphatic heterocycles. The Balaban J connectivity index is 1.61. The number of allylic oxidation sites excluding steroid dienone is 1. The van der Waals surface area contributed by atoms with Crippen LogP contribution in [-0.4, -0.2) is 52.5 Å². The van der Waals surface area contributed by atoms with Crippen LogP contribution in [0.3, 0.4) is 0 Å². The molecule has 9 heteroatoms. The fourth-order valence-corrected chi connectivity index (χ4v) is 3.47. The van der Waals surface area contributed by atoms with Crippen molar-refractivity contribution in [2.45, 2.75) is 37.8 Å². The predicted molar refractivity (Wildman–Crippen MR) is 112 cm³/mol. The Morgan fingerprint density at radius 2 is 2.00 bits per heavy atom. The molecule has 3 rings (SSSR count). The van der Waals surface area contributed by atoms with Gasteiger partial charge >= 0.3 is 0 Å².